The van der Waals surface area contributed by atoms with Crippen LogP contribution in [0.15, 0.2) is 24.3 Å². The number of amides is 1. The molecular formula is C17H21F3N2O. The minimum Gasteiger partial charge on any atom is -0.338 e. The molecule has 1 saturated heterocycles. The molecule has 23 heavy (non-hydrogen) atoms. The van der Waals surface area contributed by atoms with Gasteiger partial charge in [-0.25, -0.2) is 0 Å². The number of likely N-dealkylation sites (tertiary alicyclic amines) is 1. The Morgan fingerprint density at radius 1 is 1.17 bits per heavy atom. The molecule has 2 fully saturated rings. The summed E-state index contributed by atoms with van der Waals surface area (Å²) in [6.45, 7) is 0.933. The second kappa shape index (κ2) is 6.51. The lowest BCUT2D eigenvalue weighted by Crippen LogP contribution is -2.44. The van der Waals surface area contributed by atoms with Crippen LogP contribution in [0.25, 0.3) is 0 Å². The summed E-state index contributed by atoms with van der Waals surface area (Å²) in [6, 6.07) is 7.78. The van der Waals surface area contributed by atoms with Crippen LogP contribution in [0, 0.1) is 5.92 Å². The van der Waals surface area contributed by atoms with E-state index < -0.39 is 12.1 Å². The maximum Gasteiger partial charge on any atom is 0.393 e. The fourth-order valence-corrected chi connectivity index (χ4v) is 2.93. The van der Waals surface area contributed by atoms with Crippen LogP contribution in [-0.2, 0) is 6.54 Å². The van der Waals surface area contributed by atoms with E-state index in [-0.39, 0.29) is 18.9 Å². The van der Waals surface area contributed by atoms with Crippen LogP contribution in [0.4, 0.5) is 13.2 Å². The van der Waals surface area contributed by atoms with Gasteiger partial charge in [-0.3, -0.25) is 4.79 Å². The summed E-state index contributed by atoms with van der Waals surface area (Å²) in [4.78, 5) is 13.7. The van der Waals surface area contributed by atoms with Crippen molar-refractivity contribution in [2.75, 3.05) is 13.1 Å². The van der Waals surface area contributed by atoms with Crippen LogP contribution in [0.5, 0.6) is 0 Å². The number of benzene rings is 1. The van der Waals surface area contributed by atoms with Gasteiger partial charge in [-0.05, 0) is 43.4 Å². The summed E-state index contributed by atoms with van der Waals surface area (Å²) in [5, 5.41) is 3.39. The van der Waals surface area contributed by atoms with Gasteiger partial charge in [-0.15, -0.1) is 0 Å². The summed E-state index contributed by atoms with van der Waals surface area (Å²) < 4.78 is 38.5. The molecule has 3 nitrogen and oxygen atoms in total. The molecule has 2 aliphatic rings. The molecular weight excluding hydrogens is 305 g/mol. The van der Waals surface area contributed by atoms with Crippen molar-refractivity contribution >= 4 is 5.91 Å². The fraction of sp³-hybridized carbons (Fsp3) is 0.588. The van der Waals surface area contributed by atoms with Crippen molar-refractivity contribution < 1.29 is 18.0 Å². The van der Waals surface area contributed by atoms with Gasteiger partial charge < -0.3 is 10.2 Å². The second-order valence-corrected chi connectivity index (χ2v) is 6.48. The Kier molecular flexibility index (Phi) is 4.62. The quantitative estimate of drug-likeness (QED) is 0.920. The van der Waals surface area contributed by atoms with Gasteiger partial charge in [0.25, 0.3) is 5.91 Å². The number of carbonyl (C=O) groups excluding carboxylic acids is 1. The zero-order valence-corrected chi connectivity index (χ0v) is 12.9. The van der Waals surface area contributed by atoms with E-state index in [1.165, 1.54) is 17.7 Å². The van der Waals surface area contributed by atoms with E-state index >= 15 is 0 Å². The summed E-state index contributed by atoms with van der Waals surface area (Å²) in [5.41, 5.74) is 1.54. The molecule has 1 unspecified atom stereocenters. The first kappa shape index (κ1) is 16.3. The van der Waals surface area contributed by atoms with Crippen molar-refractivity contribution in [3.8, 4) is 0 Å². The van der Waals surface area contributed by atoms with Crippen LogP contribution in [0.3, 0.4) is 0 Å². The summed E-state index contributed by atoms with van der Waals surface area (Å²) in [7, 11) is 0. The van der Waals surface area contributed by atoms with Crippen molar-refractivity contribution in [1.82, 2.24) is 10.2 Å². The van der Waals surface area contributed by atoms with Crippen LogP contribution in [-0.4, -0.2) is 36.1 Å². The predicted molar refractivity (Wildman–Crippen MR) is 81.0 cm³/mol. The molecule has 0 spiro atoms. The maximum atomic E-state index is 12.8. The van der Waals surface area contributed by atoms with Crippen LogP contribution in [0.1, 0.15) is 41.6 Å². The van der Waals surface area contributed by atoms with E-state index in [1.807, 2.05) is 12.1 Å². The molecule has 0 aromatic heterocycles. The number of halogens is 3. The fourth-order valence-electron chi connectivity index (χ4n) is 2.93. The molecule has 1 aliphatic carbocycles. The summed E-state index contributed by atoms with van der Waals surface area (Å²) in [5.74, 6) is -1.71. The highest BCUT2D eigenvalue weighted by Gasteiger charge is 2.42. The molecule has 126 valence electrons. The number of alkyl halides is 3. The molecule has 1 atom stereocenters. The number of hydrogen-bond donors (Lipinski definition) is 1. The summed E-state index contributed by atoms with van der Waals surface area (Å²) >= 11 is 0. The minimum atomic E-state index is -4.22. The predicted octanol–water partition coefficient (Wildman–Crippen LogP) is 3.35. The van der Waals surface area contributed by atoms with Gasteiger partial charge in [0, 0.05) is 31.2 Å². The standard InChI is InChI=1S/C17H21F3N2O/c18-17(19,20)14-2-1-9-22(11-14)16(23)13-5-3-12(4-6-13)10-21-15-7-8-15/h3-6,14-15,21H,1-2,7-11H2. The Hall–Kier alpha value is -1.56. The maximum absolute atomic E-state index is 12.8. The summed E-state index contributed by atoms with van der Waals surface area (Å²) in [6.07, 6.45) is -1.28. The van der Waals surface area contributed by atoms with Crippen LogP contribution >= 0.6 is 0 Å². The number of rotatable bonds is 4. The third-order valence-electron chi connectivity index (χ3n) is 4.54. The van der Waals surface area contributed by atoms with Gasteiger partial charge in [0.05, 0.1) is 5.92 Å². The highest BCUT2D eigenvalue weighted by molar-refractivity contribution is 5.94. The monoisotopic (exact) mass is 326 g/mol. The van der Waals surface area contributed by atoms with Crippen LogP contribution < -0.4 is 5.32 Å². The lowest BCUT2D eigenvalue weighted by atomic mass is 9.97. The first-order valence-electron chi connectivity index (χ1n) is 8.12. The van der Waals surface area contributed by atoms with Gasteiger partial charge in [0.1, 0.15) is 0 Å². The SMILES string of the molecule is O=C(c1ccc(CNC2CC2)cc1)N1CCCC(C(F)(F)F)C1. The molecule has 6 heteroatoms. The van der Waals surface area contributed by atoms with E-state index in [0.717, 1.165) is 12.1 Å². The third kappa shape index (κ3) is 4.25. The topological polar surface area (TPSA) is 32.3 Å². The third-order valence-corrected chi connectivity index (χ3v) is 4.54. The highest BCUT2D eigenvalue weighted by atomic mass is 19.4. The number of nitrogens with zero attached hydrogens (tertiary/aromatic N) is 1. The lowest BCUT2D eigenvalue weighted by molar-refractivity contribution is -0.184. The average molecular weight is 326 g/mol. The van der Waals surface area contributed by atoms with Gasteiger partial charge in [0.2, 0.25) is 0 Å². The van der Waals surface area contributed by atoms with Crippen molar-refractivity contribution in [3.05, 3.63) is 35.4 Å². The van der Waals surface area contributed by atoms with Crippen molar-refractivity contribution in [3.63, 3.8) is 0 Å². The molecule has 1 amide bonds. The van der Waals surface area contributed by atoms with Gasteiger partial charge >= 0.3 is 6.18 Å². The Morgan fingerprint density at radius 2 is 1.87 bits per heavy atom. The zero-order chi connectivity index (χ0) is 16.4. The highest BCUT2D eigenvalue weighted by Crippen LogP contribution is 2.33. The first-order valence-corrected chi connectivity index (χ1v) is 8.12. The Morgan fingerprint density at radius 3 is 2.48 bits per heavy atom. The average Bonchev–Trinajstić information content (AvgIpc) is 3.36. The van der Waals surface area contributed by atoms with E-state index in [4.69, 9.17) is 0 Å². The van der Waals surface area contributed by atoms with E-state index in [9.17, 15) is 18.0 Å². The van der Waals surface area contributed by atoms with Crippen molar-refractivity contribution in [1.29, 1.82) is 0 Å². The van der Waals surface area contributed by atoms with E-state index in [1.54, 1.807) is 12.1 Å². The molecule has 1 aliphatic heterocycles. The number of piperidine rings is 1. The van der Waals surface area contributed by atoms with Crippen molar-refractivity contribution in [2.45, 2.75) is 44.4 Å². The Bertz CT molecular complexity index is 552. The Labute approximate surface area is 133 Å². The molecule has 1 aromatic carbocycles. The van der Waals surface area contributed by atoms with Gasteiger partial charge in [-0.1, -0.05) is 12.1 Å². The molecule has 1 saturated carbocycles. The molecule has 1 aromatic rings. The molecule has 1 heterocycles. The van der Waals surface area contributed by atoms with Gasteiger partial charge in [-0.2, -0.15) is 13.2 Å². The van der Waals surface area contributed by atoms with Gasteiger partial charge in [0.15, 0.2) is 0 Å². The second-order valence-electron chi connectivity index (χ2n) is 6.48. The molecule has 3 rings (SSSR count). The van der Waals surface area contributed by atoms with E-state index in [2.05, 4.69) is 5.32 Å². The van der Waals surface area contributed by atoms with E-state index in [0.29, 0.717) is 24.6 Å². The zero-order valence-electron chi connectivity index (χ0n) is 12.9. The molecule has 0 radical (unpaired) electrons. The number of carbonyl (C=O) groups is 1. The minimum absolute atomic E-state index is 0.110. The number of hydrogen-bond acceptors (Lipinski definition) is 2. The Balaban J connectivity index is 1.60. The molecule has 1 N–H and O–H groups in total. The molecule has 0 bridgehead atoms. The van der Waals surface area contributed by atoms with Crippen LogP contribution in [0.2, 0.25) is 0 Å². The first-order chi connectivity index (χ1) is 10.9. The smallest absolute Gasteiger partial charge is 0.338 e. The van der Waals surface area contributed by atoms with Crippen molar-refractivity contribution in [2.24, 2.45) is 5.92 Å². The largest absolute Gasteiger partial charge is 0.393 e. The number of nitrogens with one attached hydrogen (secondary N) is 1. The normalized spacial score (nSPS) is 22.2. The lowest BCUT2D eigenvalue weighted by Gasteiger charge is -2.33.